The lowest BCUT2D eigenvalue weighted by atomic mass is 9.65. The number of rotatable bonds is 2. The maximum Gasteiger partial charge on any atom is 0.230 e. The second kappa shape index (κ2) is 5.80. The number of anilines is 1. The van der Waals surface area contributed by atoms with Crippen LogP contribution in [0.3, 0.4) is 0 Å². The van der Waals surface area contributed by atoms with Gasteiger partial charge in [0.25, 0.3) is 0 Å². The van der Waals surface area contributed by atoms with E-state index in [1.165, 1.54) is 6.07 Å². The molecule has 2 saturated carbocycles. The second-order valence-corrected chi connectivity index (χ2v) is 8.57. The zero-order valence-corrected chi connectivity index (χ0v) is 15.0. The standard InChI is InChI=1S/C21H25FN2O2/c22-16-3-1-4-17-18(16)21(9-2-10-21)13-24(17)20(26)15-7-11-23(12-8-15)19(25)14-5-6-14/h1,3-4,14-15H,2,5-13H2. The third-order valence-corrected chi connectivity index (χ3v) is 6.93. The predicted octanol–water partition coefficient (Wildman–Crippen LogP) is 3.24. The monoisotopic (exact) mass is 356 g/mol. The van der Waals surface area contributed by atoms with Crippen molar-refractivity contribution in [3.8, 4) is 0 Å². The van der Waals surface area contributed by atoms with Crippen LogP contribution in [0.15, 0.2) is 18.2 Å². The molecule has 2 heterocycles. The van der Waals surface area contributed by atoms with Gasteiger partial charge in [-0.2, -0.15) is 0 Å². The van der Waals surface area contributed by atoms with Crippen LogP contribution in [0.1, 0.15) is 50.5 Å². The fraction of sp³-hybridized carbons (Fsp3) is 0.619. The Morgan fingerprint density at radius 1 is 1.00 bits per heavy atom. The Hall–Kier alpha value is -1.91. The molecule has 0 atom stereocenters. The lowest BCUT2D eigenvalue weighted by Crippen LogP contribution is -2.47. The Balaban J connectivity index is 1.32. The summed E-state index contributed by atoms with van der Waals surface area (Å²) in [5.41, 5.74) is 1.39. The first kappa shape index (κ1) is 16.3. The molecule has 2 aliphatic carbocycles. The topological polar surface area (TPSA) is 40.6 Å². The Bertz CT molecular complexity index is 761. The third-order valence-electron chi connectivity index (χ3n) is 6.93. The van der Waals surface area contributed by atoms with Crippen molar-refractivity contribution in [2.75, 3.05) is 24.5 Å². The van der Waals surface area contributed by atoms with Gasteiger partial charge in [0.15, 0.2) is 0 Å². The van der Waals surface area contributed by atoms with E-state index in [0.29, 0.717) is 19.6 Å². The van der Waals surface area contributed by atoms with Crippen molar-refractivity contribution in [3.63, 3.8) is 0 Å². The zero-order chi connectivity index (χ0) is 17.9. The highest BCUT2D eigenvalue weighted by Gasteiger charge is 2.51. The first-order valence-corrected chi connectivity index (χ1v) is 9.98. The molecule has 0 bridgehead atoms. The molecule has 1 aromatic rings. The number of piperidine rings is 1. The van der Waals surface area contributed by atoms with Gasteiger partial charge in [0.2, 0.25) is 11.8 Å². The molecule has 2 amide bonds. The van der Waals surface area contributed by atoms with Crippen molar-refractivity contribution in [3.05, 3.63) is 29.6 Å². The van der Waals surface area contributed by atoms with Crippen LogP contribution in [-0.4, -0.2) is 36.3 Å². The van der Waals surface area contributed by atoms with Gasteiger partial charge in [-0.15, -0.1) is 0 Å². The van der Waals surface area contributed by atoms with Gasteiger partial charge in [-0.05, 0) is 50.7 Å². The van der Waals surface area contributed by atoms with Gasteiger partial charge in [0, 0.05) is 42.4 Å². The summed E-state index contributed by atoms with van der Waals surface area (Å²) in [6.45, 7) is 1.99. The summed E-state index contributed by atoms with van der Waals surface area (Å²) in [4.78, 5) is 29.2. The molecule has 138 valence electrons. The van der Waals surface area contributed by atoms with E-state index in [1.807, 2.05) is 15.9 Å². The molecular weight excluding hydrogens is 331 g/mol. The fourth-order valence-electron chi connectivity index (χ4n) is 5.09. The number of likely N-dealkylation sites (tertiary alicyclic amines) is 1. The molecule has 2 aliphatic heterocycles. The molecule has 1 saturated heterocycles. The molecule has 0 unspecified atom stereocenters. The first-order chi connectivity index (χ1) is 12.6. The number of carbonyl (C=O) groups excluding carboxylic acids is 2. The predicted molar refractivity (Wildman–Crippen MR) is 96.3 cm³/mol. The van der Waals surface area contributed by atoms with Crippen molar-refractivity contribution in [2.24, 2.45) is 11.8 Å². The molecule has 4 nitrogen and oxygen atoms in total. The van der Waals surface area contributed by atoms with Gasteiger partial charge >= 0.3 is 0 Å². The smallest absolute Gasteiger partial charge is 0.230 e. The van der Waals surface area contributed by atoms with Crippen molar-refractivity contribution in [1.29, 1.82) is 0 Å². The quantitative estimate of drug-likeness (QED) is 0.816. The normalized spacial score (nSPS) is 24.5. The van der Waals surface area contributed by atoms with E-state index in [1.54, 1.807) is 6.07 Å². The summed E-state index contributed by atoms with van der Waals surface area (Å²) >= 11 is 0. The van der Waals surface area contributed by atoms with Crippen LogP contribution < -0.4 is 4.90 Å². The molecule has 4 aliphatic rings. The average Bonchev–Trinajstić information content (AvgIpc) is 3.41. The lowest BCUT2D eigenvalue weighted by Gasteiger charge is -2.39. The van der Waals surface area contributed by atoms with Gasteiger partial charge in [0.1, 0.15) is 5.82 Å². The summed E-state index contributed by atoms with van der Waals surface area (Å²) < 4.78 is 14.5. The minimum atomic E-state index is -0.164. The Morgan fingerprint density at radius 2 is 1.69 bits per heavy atom. The molecule has 0 aromatic heterocycles. The summed E-state index contributed by atoms with van der Waals surface area (Å²) in [5.74, 6) is 0.429. The number of halogens is 1. The summed E-state index contributed by atoms with van der Waals surface area (Å²) in [6, 6.07) is 5.13. The highest BCUT2D eigenvalue weighted by Crippen LogP contribution is 2.53. The van der Waals surface area contributed by atoms with Crippen LogP contribution in [0.5, 0.6) is 0 Å². The van der Waals surface area contributed by atoms with Crippen LogP contribution in [0.25, 0.3) is 0 Å². The Kier molecular flexibility index (Phi) is 3.63. The molecule has 0 radical (unpaired) electrons. The van der Waals surface area contributed by atoms with Crippen LogP contribution in [-0.2, 0) is 15.0 Å². The second-order valence-electron chi connectivity index (χ2n) is 8.57. The Morgan fingerprint density at radius 3 is 2.31 bits per heavy atom. The van der Waals surface area contributed by atoms with Crippen LogP contribution in [0.4, 0.5) is 10.1 Å². The molecule has 26 heavy (non-hydrogen) atoms. The minimum Gasteiger partial charge on any atom is -0.342 e. The van der Waals surface area contributed by atoms with Gasteiger partial charge in [-0.3, -0.25) is 9.59 Å². The molecule has 1 spiro atoms. The van der Waals surface area contributed by atoms with Gasteiger partial charge < -0.3 is 9.80 Å². The number of benzene rings is 1. The van der Waals surface area contributed by atoms with Crippen molar-refractivity contribution >= 4 is 17.5 Å². The van der Waals surface area contributed by atoms with Crippen LogP contribution in [0, 0.1) is 17.7 Å². The van der Waals surface area contributed by atoms with Crippen molar-refractivity contribution < 1.29 is 14.0 Å². The molecule has 0 N–H and O–H groups in total. The van der Waals surface area contributed by atoms with Gasteiger partial charge in [0.05, 0.1) is 5.69 Å². The maximum absolute atomic E-state index is 14.5. The molecule has 5 heteroatoms. The van der Waals surface area contributed by atoms with E-state index in [9.17, 15) is 14.0 Å². The number of fused-ring (bicyclic) bond motifs is 2. The molecular formula is C21H25FN2O2. The highest BCUT2D eigenvalue weighted by atomic mass is 19.1. The summed E-state index contributed by atoms with van der Waals surface area (Å²) in [6.07, 6.45) is 6.55. The average molecular weight is 356 g/mol. The van der Waals surface area contributed by atoms with E-state index in [-0.39, 0.29) is 34.9 Å². The van der Waals surface area contributed by atoms with E-state index in [0.717, 1.165) is 56.2 Å². The summed E-state index contributed by atoms with van der Waals surface area (Å²) in [5, 5.41) is 0. The molecule has 3 fully saturated rings. The Labute approximate surface area is 153 Å². The van der Waals surface area contributed by atoms with Crippen LogP contribution in [0.2, 0.25) is 0 Å². The highest BCUT2D eigenvalue weighted by molar-refractivity contribution is 5.98. The van der Waals surface area contributed by atoms with E-state index in [4.69, 9.17) is 0 Å². The van der Waals surface area contributed by atoms with E-state index in [2.05, 4.69) is 0 Å². The number of hydrogen-bond acceptors (Lipinski definition) is 2. The van der Waals surface area contributed by atoms with Crippen LogP contribution >= 0.6 is 0 Å². The third kappa shape index (κ3) is 2.39. The maximum atomic E-state index is 14.5. The van der Waals surface area contributed by atoms with Gasteiger partial charge in [-0.1, -0.05) is 12.5 Å². The molecule has 1 aromatic carbocycles. The summed E-state index contributed by atoms with van der Waals surface area (Å²) in [7, 11) is 0. The zero-order valence-electron chi connectivity index (χ0n) is 15.0. The number of carbonyl (C=O) groups is 2. The van der Waals surface area contributed by atoms with E-state index < -0.39 is 0 Å². The van der Waals surface area contributed by atoms with Gasteiger partial charge in [-0.25, -0.2) is 4.39 Å². The largest absolute Gasteiger partial charge is 0.342 e. The lowest BCUT2D eigenvalue weighted by molar-refractivity contribution is -0.136. The number of nitrogens with zero attached hydrogens (tertiary/aromatic N) is 2. The first-order valence-electron chi connectivity index (χ1n) is 9.98. The number of hydrogen-bond donors (Lipinski definition) is 0. The van der Waals surface area contributed by atoms with Crippen molar-refractivity contribution in [2.45, 2.75) is 50.4 Å². The SMILES string of the molecule is O=C(C1CC1)N1CCC(C(=O)N2CC3(CCC3)c3c(F)cccc32)CC1. The minimum absolute atomic E-state index is 0.0513. The van der Waals surface area contributed by atoms with E-state index >= 15 is 0 Å². The molecule has 5 rings (SSSR count). The number of amides is 2. The van der Waals surface area contributed by atoms with Crippen molar-refractivity contribution in [1.82, 2.24) is 4.90 Å². The fourth-order valence-corrected chi connectivity index (χ4v) is 5.09.